The monoisotopic (exact) mass is 583 g/mol. The van der Waals surface area contributed by atoms with Gasteiger partial charge >= 0.3 is 5.97 Å². The van der Waals surface area contributed by atoms with Crippen LogP contribution in [0.4, 0.5) is 0 Å². The molecule has 3 atom stereocenters. The number of Topliss-reactive ketones (excluding diaryl/α,β-unsaturated/α-hetero) is 1. The van der Waals surface area contributed by atoms with Crippen molar-refractivity contribution in [2.75, 3.05) is 21.3 Å². The highest BCUT2D eigenvalue weighted by Crippen LogP contribution is 2.49. The zero-order valence-corrected chi connectivity index (χ0v) is 24.2. The Balaban J connectivity index is 1.84. The minimum absolute atomic E-state index is 0.00686. The molecule has 0 fully saturated rings. The number of esters is 1. The molecule has 1 aliphatic carbocycles. The minimum atomic E-state index is -0.624. The second-order valence-electron chi connectivity index (χ2n) is 9.64. The van der Waals surface area contributed by atoms with Crippen LogP contribution in [0.3, 0.4) is 0 Å². The first kappa shape index (κ1) is 27.8. The summed E-state index contributed by atoms with van der Waals surface area (Å²) < 4.78 is 22.8. The maximum absolute atomic E-state index is 13.9. The van der Waals surface area contributed by atoms with E-state index in [-0.39, 0.29) is 17.8 Å². The van der Waals surface area contributed by atoms with Gasteiger partial charge < -0.3 is 24.3 Å². The lowest BCUT2D eigenvalue weighted by Crippen LogP contribution is -2.36. The average molecular weight is 585 g/mol. The molecule has 202 valence electrons. The van der Waals surface area contributed by atoms with Gasteiger partial charge in [-0.3, -0.25) is 4.79 Å². The molecule has 0 aromatic heterocycles. The molecule has 0 radical (unpaired) electrons. The summed E-state index contributed by atoms with van der Waals surface area (Å²) in [6.07, 6.45) is 1.40. The second-order valence-corrected chi connectivity index (χ2v) is 10.5. The van der Waals surface area contributed by atoms with Crippen LogP contribution in [-0.2, 0) is 14.3 Å². The quantitative estimate of drug-likeness (QED) is 0.371. The van der Waals surface area contributed by atoms with Crippen molar-refractivity contribution in [3.8, 4) is 17.2 Å². The van der Waals surface area contributed by atoms with Gasteiger partial charge in [0.2, 0.25) is 0 Å². The highest BCUT2D eigenvalue weighted by molar-refractivity contribution is 9.10. The summed E-state index contributed by atoms with van der Waals surface area (Å²) in [6.45, 7) is 5.69. The van der Waals surface area contributed by atoms with Crippen molar-refractivity contribution >= 4 is 27.7 Å². The lowest BCUT2D eigenvalue weighted by molar-refractivity contribution is -0.144. The molecule has 0 spiro atoms. The largest absolute Gasteiger partial charge is 0.497 e. The van der Waals surface area contributed by atoms with Crippen LogP contribution < -0.4 is 19.5 Å². The number of halogens is 1. The fraction of sp³-hybridized carbons (Fsp3) is 0.400. The van der Waals surface area contributed by atoms with E-state index in [9.17, 15) is 9.59 Å². The third kappa shape index (κ3) is 5.32. The summed E-state index contributed by atoms with van der Waals surface area (Å²) in [6, 6.07) is 11.5. The average Bonchev–Trinajstić information content (AvgIpc) is 2.91. The molecule has 8 heteroatoms. The number of carbonyl (C=O) groups excluding carboxylic acids is 2. The van der Waals surface area contributed by atoms with Gasteiger partial charge in [0, 0.05) is 33.8 Å². The molecule has 0 saturated carbocycles. The summed E-state index contributed by atoms with van der Waals surface area (Å²) >= 11 is 3.67. The standard InChI is InChI=1S/C30H34BrNO6/c1-7-16(2)38-30(34)27-17(3)32-23-12-19(18-8-10-20(35-4)11-9-18)13-24(33)29(23)28(27)21-14-25(36-5)26(37-6)15-22(21)31/h8-11,14-16,19,28,32H,7,12-13H2,1-6H3/t16-,19+,28+/m0/s1. The number of ether oxygens (including phenoxy) is 4. The molecule has 1 heterocycles. The highest BCUT2D eigenvalue weighted by Gasteiger charge is 2.42. The molecule has 1 aliphatic heterocycles. The van der Waals surface area contributed by atoms with E-state index in [1.165, 1.54) is 0 Å². The molecule has 2 aromatic carbocycles. The fourth-order valence-electron chi connectivity index (χ4n) is 5.15. The van der Waals surface area contributed by atoms with Gasteiger partial charge in [0.15, 0.2) is 17.3 Å². The van der Waals surface area contributed by atoms with Crippen LogP contribution in [-0.4, -0.2) is 39.2 Å². The Morgan fingerprint density at radius 2 is 1.71 bits per heavy atom. The van der Waals surface area contributed by atoms with Gasteiger partial charge in [-0.25, -0.2) is 4.79 Å². The predicted molar refractivity (Wildman–Crippen MR) is 149 cm³/mol. The van der Waals surface area contributed by atoms with Crippen LogP contribution >= 0.6 is 15.9 Å². The summed E-state index contributed by atoms with van der Waals surface area (Å²) in [7, 11) is 4.76. The van der Waals surface area contributed by atoms with Crippen molar-refractivity contribution in [3.05, 3.63) is 74.5 Å². The molecule has 7 nitrogen and oxygen atoms in total. The van der Waals surface area contributed by atoms with Gasteiger partial charge in [-0.1, -0.05) is 35.0 Å². The van der Waals surface area contributed by atoms with Crippen molar-refractivity contribution in [2.24, 2.45) is 0 Å². The maximum atomic E-state index is 13.9. The number of nitrogens with one attached hydrogen (secondary N) is 1. The Hall–Kier alpha value is -3.26. The number of rotatable bonds is 8. The number of hydrogen-bond acceptors (Lipinski definition) is 7. The van der Waals surface area contributed by atoms with Crippen LogP contribution in [0.25, 0.3) is 0 Å². The fourth-order valence-corrected chi connectivity index (χ4v) is 5.70. The number of hydrogen-bond donors (Lipinski definition) is 1. The molecule has 2 aliphatic rings. The Morgan fingerprint density at radius 3 is 2.32 bits per heavy atom. The molecule has 0 unspecified atom stereocenters. The molecule has 38 heavy (non-hydrogen) atoms. The molecule has 0 saturated heterocycles. The molecular formula is C30H34BrNO6. The Kier molecular flexibility index (Phi) is 8.51. The minimum Gasteiger partial charge on any atom is -0.497 e. The normalized spacial score (nSPS) is 19.9. The van der Waals surface area contributed by atoms with Crippen molar-refractivity contribution in [1.29, 1.82) is 0 Å². The van der Waals surface area contributed by atoms with Gasteiger partial charge in [0.25, 0.3) is 0 Å². The number of carbonyl (C=O) groups is 2. The smallest absolute Gasteiger partial charge is 0.337 e. The van der Waals surface area contributed by atoms with E-state index in [0.717, 1.165) is 22.6 Å². The number of benzene rings is 2. The molecule has 4 rings (SSSR count). The molecular weight excluding hydrogens is 550 g/mol. The molecule has 0 amide bonds. The number of dihydropyridines is 1. The highest BCUT2D eigenvalue weighted by atomic mass is 79.9. The van der Waals surface area contributed by atoms with E-state index in [1.54, 1.807) is 27.4 Å². The molecule has 0 bridgehead atoms. The van der Waals surface area contributed by atoms with Crippen LogP contribution in [0.15, 0.2) is 63.4 Å². The van der Waals surface area contributed by atoms with E-state index in [1.807, 2.05) is 51.1 Å². The Labute approximate surface area is 232 Å². The summed E-state index contributed by atoms with van der Waals surface area (Å²) in [4.78, 5) is 27.4. The molecule has 2 aromatic rings. The van der Waals surface area contributed by atoms with Crippen molar-refractivity contribution in [3.63, 3.8) is 0 Å². The van der Waals surface area contributed by atoms with E-state index in [2.05, 4.69) is 21.2 Å². The van der Waals surface area contributed by atoms with Gasteiger partial charge in [0.05, 0.1) is 33.0 Å². The summed E-state index contributed by atoms with van der Waals surface area (Å²) in [5, 5.41) is 3.41. The topological polar surface area (TPSA) is 83.1 Å². The van der Waals surface area contributed by atoms with E-state index >= 15 is 0 Å². The second kappa shape index (κ2) is 11.6. The maximum Gasteiger partial charge on any atom is 0.337 e. The third-order valence-corrected chi connectivity index (χ3v) is 8.02. The predicted octanol–water partition coefficient (Wildman–Crippen LogP) is 6.18. The van der Waals surface area contributed by atoms with E-state index in [0.29, 0.717) is 52.1 Å². The van der Waals surface area contributed by atoms with E-state index < -0.39 is 11.9 Å². The van der Waals surface area contributed by atoms with Gasteiger partial charge in [-0.15, -0.1) is 0 Å². The van der Waals surface area contributed by atoms with Crippen LogP contribution in [0.1, 0.15) is 63.0 Å². The summed E-state index contributed by atoms with van der Waals surface area (Å²) in [5.74, 6) is 0.772. The van der Waals surface area contributed by atoms with Crippen molar-refractivity contribution < 1.29 is 28.5 Å². The van der Waals surface area contributed by atoms with Gasteiger partial charge in [-0.05, 0) is 68.0 Å². The first-order valence-corrected chi connectivity index (χ1v) is 13.5. The number of allylic oxidation sites excluding steroid dienone is 3. The van der Waals surface area contributed by atoms with Crippen molar-refractivity contribution in [1.82, 2.24) is 5.32 Å². The van der Waals surface area contributed by atoms with E-state index in [4.69, 9.17) is 18.9 Å². The Bertz CT molecular complexity index is 1300. The first-order valence-electron chi connectivity index (χ1n) is 12.7. The SMILES string of the molecule is CC[C@H](C)OC(=O)C1=C(C)NC2=C(C(=O)C[C@H](c3ccc(OC)cc3)C2)[C@@H]1c1cc(OC)c(OC)cc1Br. The first-order chi connectivity index (χ1) is 18.2. The zero-order chi connectivity index (χ0) is 27.6. The zero-order valence-electron chi connectivity index (χ0n) is 22.6. The lowest BCUT2D eigenvalue weighted by Gasteiger charge is -2.37. The van der Waals surface area contributed by atoms with Crippen molar-refractivity contribution in [2.45, 2.75) is 58.0 Å². The lowest BCUT2D eigenvalue weighted by atomic mass is 9.71. The molecule has 1 N–H and O–H groups in total. The number of ketones is 1. The van der Waals surface area contributed by atoms with Gasteiger partial charge in [0.1, 0.15) is 5.75 Å². The summed E-state index contributed by atoms with van der Waals surface area (Å²) in [5.41, 5.74) is 4.32. The number of methoxy groups -OCH3 is 3. The van der Waals surface area contributed by atoms with Gasteiger partial charge in [-0.2, -0.15) is 0 Å². The van der Waals surface area contributed by atoms with Crippen LogP contribution in [0.2, 0.25) is 0 Å². The van der Waals surface area contributed by atoms with Crippen LogP contribution in [0, 0.1) is 0 Å². The third-order valence-electron chi connectivity index (χ3n) is 7.33. The Morgan fingerprint density at radius 1 is 1.05 bits per heavy atom. The van der Waals surface area contributed by atoms with Crippen LogP contribution in [0.5, 0.6) is 17.2 Å².